The minimum Gasteiger partial charge on any atom is -0.453 e. The van der Waals surface area contributed by atoms with Gasteiger partial charge in [0.25, 0.3) is 0 Å². The molecule has 1 aromatic heterocycles. The molecule has 51 heavy (non-hydrogen) atoms. The minimum absolute atomic E-state index is 0.866. The monoisotopic (exact) mass is 669 g/mol. The van der Waals surface area contributed by atoms with Crippen molar-refractivity contribution in [1.29, 1.82) is 0 Å². The van der Waals surface area contributed by atoms with E-state index in [0.29, 0.717) is 0 Å². The van der Waals surface area contributed by atoms with E-state index in [1.54, 1.807) is 0 Å². The maximum atomic E-state index is 6.91. The zero-order valence-electron chi connectivity index (χ0n) is 28.1. The summed E-state index contributed by atoms with van der Waals surface area (Å²) in [7, 11) is -2.66. The second kappa shape index (κ2) is 13.1. The fourth-order valence-electron chi connectivity index (χ4n) is 7.76. The molecule has 9 rings (SSSR count). The quantitative estimate of drug-likeness (QED) is 0.118. The first kappa shape index (κ1) is 30.6. The van der Waals surface area contributed by atoms with Crippen LogP contribution in [0, 0.1) is 0 Å². The van der Waals surface area contributed by atoms with Gasteiger partial charge in [0.15, 0.2) is 13.7 Å². The Morgan fingerprint density at radius 2 is 0.765 bits per heavy atom. The van der Waals surface area contributed by atoms with E-state index in [4.69, 9.17) is 4.42 Å². The second-order valence-corrected chi connectivity index (χ2v) is 16.7. The lowest BCUT2D eigenvalue weighted by molar-refractivity contribution is 0.670. The number of fused-ring (bicyclic) bond motifs is 3. The number of rotatable bonds is 8. The number of para-hydroxylation sites is 3. The first-order chi connectivity index (χ1) is 25.3. The molecule has 0 N–H and O–H groups in total. The average molecular weight is 670 g/mol. The van der Waals surface area contributed by atoms with Crippen molar-refractivity contribution in [2.24, 2.45) is 0 Å². The lowest BCUT2D eigenvalue weighted by atomic mass is 10.0. The molecule has 0 unspecified atom stereocenters. The molecular weight excluding hydrogens is 635 g/mol. The van der Waals surface area contributed by atoms with Crippen LogP contribution in [0.15, 0.2) is 217 Å². The first-order valence-electron chi connectivity index (χ1n) is 17.4. The van der Waals surface area contributed by atoms with Gasteiger partial charge in [-0.05, 0) is 56.6 Å². The average Bonchev–Trinajstić information content (AvgIpc) is 3.61. The summed E-state index contributed by atoms with van der Waals surface area (Å²) in [6, 6.07) is 76.5. The lowest BCUT2D eigenvalue weighted by Crippen LogP contribution is -2.74. The molecule has 8 aromatic carbocycles. The lowest BCUT2D eigenvalue weighted by Gasteiger charge is -2.35. The highest BCUT2D eigenvalue weighted by Gasteiger charge is 2.41. The number of hydrogen-bond donors (Lipinski definition) is 0. The van der Waals surface area contributed by atoms with E-state index in [1.165, 1.54) is 20.7 Å². The van der Waals surface area contributed by atoms with Crippen molar-refractivity contribution in [1.82, 2.24) is 0 Å². The maximum absolute atomic E-state index is 6.91. The Kier molecular flexibility index (Phi) is 7.88. The van der Waals surface area contributed by atoms with Crippen LogP contribution in [0.5, 0.6) is 0 Å². The van der Waals surface area contributed by atoms with Gasteiger partial charge in [0.1, 0.15) is 5.58 Å². The van der Waals surface area contributed by atoms with Crippen molar-refractivity contribution in [2.45, 2.75) is 0 Å². The van der Waals surface area contributed by atoms with E-state index >= 15 is 0 Å². The topological polar surface area (TPSA) is 16.4 Å². The molecule has 9 aromatic rings. The number of furan rings is 1. The zero-order valence-corrected chi connectivity index (χ0v) is 29.1. The maximum Gasteiger partial charge on any atom is 0.179 e. The van der Waals surface area contributed by atoms with Crippen LogP contribution >= 0.6 is 0 Å². The van der Waals surface area contributed by atoms with Crippen molar-refractivity contribution in [3.05, 3.63) is 212 Å². The molecule has 242 valence electrons. The normalized spacial score (nSPS) is 11.5. The molecule has 0 saturated carbocycles. The molecule has 0 atom stereocenters. The van der Waals surface area contributed by atoms with Crippen molar-refractivity contribution in [2.75, 3.05) is 4.90 Å². The third kappa shape index (κ3) is 5.27. The van der Waals surface area contributed by atoms with Gasteiger partial charge in [-0.3, -0.25) is 0 Å². The summed E-state index contributed by atoms with van der Waals surface area (Å²) in [6.45, 7) is 0. The van der Waals surface area contributed by atoms with Gasteiger partial charge in [-0.1, -0.05) is 182 Å². The molecule has 1 heterocycles. The van der Waals surface area contributed by atoms with Crippen molar-refractivity contribution in [3.8, 4) is 11.1 Å². The van der Waals surface area contributed by atoms with Crippen LogP contribution in [0.3, 0.4) is 0 Å². The largest absolute Gasteiger partial charge is 0.453 e. The van der Waals surface area contributed by atoms with Gasteiger partial charge in [0.2, 0.25) is 0 Å². The zero-order chi connectivity index (χ0) is 34.0. The van der Waals surface area contributed by atoms with E-state index in [-0.39, 0.29) is 0 Å². The second-order valence-electron chi connectivity index (χ2n) is 12.9. The number of anilines is 3. The van der Waals surface area contributed by atoms with Crippen LogP contribution < -0.4 is 25.6 Å². The number of nitrogens with zero attached hydrogens (tertiary/aromatic N) is 1. The Hall–Kier alpha value is -6.42. The molecule has 3 heteroatoms. The summed E-state index contributed by atoms with van der Waals surface area (Å²) < 4.78 is 6.91. The predicted octanol–water partition coefficient (Wildman–Crippen LogP) is 10.1. The summed E-state index contributed by atoms with van der Waals surface area (Å²) in [6.07, 6.45) is 0. The van der Waals surface area contributed by atoms with Crippen LogP contribution in [0.4, 0.5) is 17.1 Å². The molecule has 0 aliphatic carbocycles. The summed E-state index contributed by atoms with van der Waals surface area (Å²) >= 11 is 0. The van der Waals surface area contributed by atoms with Crippen molar-refractivity contribution < 1.29 is 4.42 Å². The van der Waals surface area contributed by atoms with E-state index in [0.717, 1.165) is 50.1 Å². The summed E-state index contributed by atoms with van der Waals surface area (Å²) in [5.74, 6) is 0. The molecule has 0 spiro atoms. The van der Waals surface area contributed by atoms with E-state index in [9.17, 15) is 0 Å². The van der Waals surface area contributed by atoms with Gasteiger partial charge in [-0.25, -0.2) is 0 Å². The van der Waals surface area contributed by atoms with E-state index in [2.05, 4.69) is 217 Å². The molecule has 0 aliphatic heterocycles. The Morgan fingerprint density at radius 3 is 1.31 bits per heavy atom. The fourth-order valence-corrected chi connectivity index (χ4v) is 12.5. The Morgan fingerprint density at radius 1 is 0.333 bits per heavy atom. The summed E-state index contributed by atoms with van der Waals surface area (Å²) in [4.78, 5) is 2.33. The van der Waals surface area contributed by atoms with Crippen molar-refractivity contribution >= 4 is 67.8 Å². The van der Waals surface area contributed by atoms with Gasteiger partial charge in [-0.2, -0.15) is 0 Å². The van der Waals surface area contributed by atoms with E-state index < -0.39 is 8.07 Å². The number of benzene rings is 8. The molecule has 2 nitrogen and oxygen atoms in total. The highest BCUT2D eigenvalue weighted by molar-refractivity contribution is 7.19. The van der Waals surface area contributed by atoms with Crippen LogP contribution in [0.25, 0.3) is 33.1 Å². The van der Waals surface area contributed by atoms with Gasteiger partial charge in [-0.15, -0.1) is 0 Å². The van der Waals surface area contributed by atoms with Gasteiger partial charge in [0.05, 0.1) is 5.69 Å². The highest BCUT2D eigenvalue weighted by atomic mass is 28.3. The van der Waals surface area contributed by atoms with Crippen LogP contribution in [-0.2, 0) is 0 Å². The van der Waals surface area contributed by atoms with Crippen LogP contribution in [0.1, 0.15) is 0 Å². The Balaban J connectivity index is 1.25. The fraction of sp³-hybridized carbons (Fsp3) is 0. The van der Waals surface area contributed by atoms with Gasteiger partial charge < -0.3 is 9.32 Å². The van der Waals surface area contributed by atoms with Gasteiger partial charge >= 0.3 is 0 Å². The number of hydrogen-bond acceptors (Lipinski definition) is 2. The highest BCUT2D eigenvalue weighted by Crippen LogP contribution is 2.43. The first-order valence-corrected chi connectivity index (χ1v) is 19.4. The smallest absolute Gasteiger partial charge is 0.179 e. The van der Waals surface area contributed by atoms with Crippen LogP contribution in [0.2, 0.25) is 0 Å². The summed E-state index contributed by atoms with van der Waals surface area (Å²) in [5, 5.41) is 7.61. The Bertz CT molecular complexity index is 2450. The van der Waals surface area contributed by atoms with Crippen LogP contribution in [-0.4, -0.2) is 8.07 Å². The molecule has 0 radical (unpaired) electrons. The standard InChI is InChI=1S/C48H35NOSi/c1-6-18-36(19-7-1)43-28-16-29-44-45-30-17-31-46(48(45)50-47(43)44)49(37-20-8-2-9-21-37)38-32-34-42(35-33-38)51(39-22-10-3-11-23-39,40-24-12-4-13-25-40)41-26-14-5-15-27-41/h1-35H. The third-order valence-electron chi connectivity index (χ3n) is 10.0. The predicted molar refractivity (Wildman–Crippen MR) is 217 cm³/mol. The third-order valence-corrected chi connectivity index (χ3v) is 14.8. The molecule has 0 saturated heterocycles. The minimum atomic E-state index is -2.66. The Labute approximate surface area is 299 Å². The molecular formula is C48H35NOSi. The van der Waals surface area contributed by atoms with E-state index in [1.807, 2.05) is 0 Å². The summed E-state index contributed by atoms with van der Waals surface area (Å²) in [5.41, 5.74) is 7.14. The van der Waals surface area contributed by atoms with Crippen molar-refractivity contribution in [3.63, 3.8) is 0 Å². The molecule has 0 amide bonds. The molecule has 0 bridgehead atoms. The van der Waals surface area contributed by atoms with Gasteiger partial charge in [0, 0.05) is 27.7 Å². The molecule has 0 fully saturated rings. The molecule has 0 aliphatic rings. The SMILES string of the molecule is c1ccc(-c2cccc3c2oc2c(N(c4ccccc4)c4ccc([Si](c5ccccc5)(c5ccccc5)c5ccccc5)cc4)cccc23)cc1.